The van der Waals surface area contributed by atoms with Crippen LogP contribution in [0.1, 0.15) is 16.2 Å². The van der Waals surface area contributed by atoms with Gasteiger partial charge in [0.25, 0.3) is 5.91 Å². The van der Waals surface area contributed by atoms with Crippen molar-refractivity contribution in [3.63, 3.8) is 0 Å². The van der Waals surface area contributed by atoms with Gasteiger partial charge < -0.3 is 9.42 Å². The van der Waals surface area contributed by atoms with Gasteiger partial charge in [0, 0.05) is 41.2 Å². The first-order valence-electron chi connectivity index (χ1n) is 9.05. The van der Waals surface area contributed by atoms with E-state index in [0.717, 1.165) is 23.1 Å². The minimum absolute atomic E-state index is 0.0567. The molecule has 0 unspecified atom stereocenters. The first-order chi connectivity index (χ1) is 14.0. The van der Waals surface area contributed by atoms with Gasteiger partial charge in [-0.15, -0.1) is 0 Å². The highest BCUT2D eigenvalue weighted by atomic mass is 79.9. The number of hydrogen-bond donors (Lipinski definition) is 0. The highest BCUT2D eigenvalue weighted by Crippen LogP contribution is 2.23. The lowest BCUT2D eigenvalue weighted by Gasteiger charge is -2.34. The van der Waals surface area contributed by atoms with Crippen molar-refractivity contribution < 1.29 is 9.32 Å². The molecular formula is C20H17BrCl2N4O2. The highest BCUT2D eigenvalue weighted by molar-refractivity contribution is 9.10. The van der Waals surface area contributed by atoms with Crippen LogP contribution in [0.5, 0.6) is 0 Å². The van der Waals surface area contributed by atoms with Crippen molar-refractivity contribution in [1.82, 2.24) is 19.9 Å². The molecule has 0 aliphatic carbocycles. The van der Waals surface area contributed by atoms with Gasteiger partial charge in [0.05, 0.1) is 17.1 Å². The minimum Gasteiger partial charge on any atom is -0.338 e. The van der Waals surface area contributed by atoms with E-state index in [1.54, 1.807) is 24.3 Å². The predicted octanol–water partition coefficient (Wildman–Crippen LogP) is 4.76. The van der Waals surface area contributed by atoms with E-state index in [-0.39, 0.29) is 5.91 Å². The van der Waals surface area contributed by atoms with Gasteiger partial charge in [-0.2, -0.15) is 4.98 Å². The number of piperazine rings is 1. The average Bonchev–Trinajstić information content (AvgIpc) is 3.19. The summed E-state index contributed by atoms with van der Waals surface area (Å²) in [6.45, 7) is 3.20. The second-order valence-electron chi connectivity index (χ2n) is 6.71. The van der Waals surface area contributed by atoms with Crippen molar-refractivity contribution >= 4 is 45.0 Å². The maximum atomic E-state index is 12.8. The van der Waals surface area contributed by atoms with Crippen molar-refractivity contribution in [3.8, 4) is 11.4 Å². The summed E-state index contributed by atoms with van der Waals surface area (Å²) >= 11 is 15.5. The lowest BCUT2D eigenvalue weighted by Crippen LogP contribution is -2.48. The first kappa shape index (κ1) is 20.3. The van der Waals surface area contributed by atoms with Crippen molar-refractivity contribution in [3.05, 3.63) is 68.4 Å². The second kappa shape index (κ2) is 8.83. The van der Waals surface area contributed by atoms with E-state index >= 15 is 0 Å². The largest absolute Gasteiger partial charge is 0.338 e. The van der Waals surface area contributed by atoms with Crippen LogP contribution in [0.25, 0.3) is 11.4 Å². The van der Waals surface area contributed by atoms with E-state index in [2.05, 4.69) is 31.0 Å². The molecule has 1 saturated heterocycles. The Hall–Kier alpha value is -1.93. The van der Waals surface area contributed by atoms with Crippen LogP contribution in [0, 0.1) is 0 Å². The Balaban J connectivity index is 1.35. The van der Waals surface area contributed by atoms with Gasteiger partial charge in [-0.25, -0.2) is 0 Å². The number of carbonyl (C=O) groups is 1. The molecule has 1 fully saturated rings. The van der Waals surface area contributed by atoms with Crippen molar-refractivity contribution in [1.29, 1.82) is 0 Å². The molecule has 2 heterocycles. The van der Waals surface area contributed by atoms with Gasteiger partial charge in [-0.05, 0) is 42.5 Å². The van der Waals surface area contributed by atoms with E-state index in [9.17, 15) is 4.79 Å². The molecule has 1 amide bonds. The standard InChI is InChI=1S/C20H17BrCl2N4O2/c21-14-3-6-17(23)16(11-14)20(28)27-9-7-26(8-10-27)12-18-24-19(25-29-18)13-1-4-15(22)5-2-13/h1-6,11H,7-10,12H2. The molecule has 4 rings (SSSR count). The van der Waals surface area contributed by atoms with Crippen molar-refractivity contribution in [2.75, 3.05) is 26.2 Å². The topological polar surface area (TPSA) is 62.5 Å². The molecule has 3 aromatic rings. The molecule has 2 aromatic carbocycles. The monoisotopic (exact) mass is 494 g/mol. The maximum Gasteiger partial charge on any atom is 0.255 e. The van der Waals surface area contributed by atoms with Gasteiger partial charge >= 0.3 is 0 Å². The quantitative estimate of drug-likeness (QED) is 0.522. The zero-order valence-electron chi connectivity index (χ0n) is 15.3. The molecule has 0 saturated carbocycles. The smallest absolute Gasteiger partial charge is 0.255 e. The zero-order chi connectivity index (χ0) is 20.4. The number of aromatic nitrogens is 2. The molecule has 6 nitrogen and oxygen atoms in total. The van der Waals surface area contributed by atoms with E-state index in [1.165, 1.54) is 0 Å². The van der Waals surface area contributed by atoms with Gasteiger partial charge in [-0.1, -0.05) is 44.3 Å². The van der Waals surface area contributed by atoms with Crippen LogP contribution < -0.4 is 0 Å². The Labute approximate surface area is 186 Å². The molecule has 1 aliphatic heterocycles. The Kier molecular flexibility index (Phi) is 6.20. The van der Waals surface area contributed by atoms with Gasteiger partial charge in [-0.3, -0.25) is 9.69 Å². The molecule has 0 spiro atoms. The summed E-state index contributed by atoms with van der Waals surface area (Å²) in [4.78, 5) is 21.2. The Bertz CT molecular complexity index is 1020. The van der Waals surface area contributed by atoms with Crippen LogP contribution in [0.3, 0.4) is 0 Å². The number of rotatable bonds is 4. The molecule has 0 bridgehead atoms. The summed E-state index contributed by atoms with van der Waals surface area (Å²) < 4.78 is 6.22. The maximum absolute atomic E-state index is 12.8. The number of hydrogen-bond acceptors (Lipinski definition) is 5. The number of benzene rings is 2. The third kappa shape index (κ3) is 4.80. The highest BCUT2D eigenvalue weighted by Gasteiger charge is 2.25. The number of carbonyl (C=O) groups excluding carboxylic acids is 1. The molecule has 1 aliphatic rings. The van der Waals surface area contributed by atoms with Crippen LogP contribution in [0.4, 0.5) is 0 Å². The Morgan fingerprint density at radius 2 is 1.79 bits per heavy atom. The molecule has 1 aromatic heterocycles. The molecule has 29 heavy (non-hydrogen) atoms. The van der Waals surface area contributed by atoms with Crippen molar-refractivity contribution in [2.24, 2.45) is 0 Å². The SMILES string of the molecule is O=C(c1cc(Br)ccc1Cl)N1CCN(Cc2nc(-c3ccc(Cl)cc3)no2)CC1. The number of amides is 1. The molecule has 0 radical (unpaired) electrons. The van der Waals surface area contributed by atoms with Gasteiger partial charge in [0.15, 0.2) is 0 Å². The van der Waals surface area contributed by atoms with E-state index in [1.807, 2.05) is 23.1 Å². The summed E-state index contributed by atoms with van der Waals surface area (Å²) in [5, 5.41) is 5.16. The Morgan fingerprint density at radius 3 is 2.52 bits per heavy atom. The third-order valence-corrected chi connectivity index (χ3v) is 5.82. The third-order valence-electron chi connectivity index (χ3n) is 4.75. The fraction of sp³-hybridized carbons (Fsp3) is 0.250. The van der Waals surface area contributed by atoms with Crippen LogP contribution in [0.2, 0.25) is 10.0 Å². The lowest BCUT2D eigenvalue weighted by molar-refractivity contribution is 0.0615. The fourth-order valence-corrected chi connectivity index (χ4v) is 3.85. The normalized spacial score (nSPS) is 14.9. The van der Waals surface area contributed by atoms with E-state index in [4.69, 9.17) is 27.7 Å². The first-order valence-corrected chi connectivity index (χ1v) is 10.6. The summed E-state index contributed by atoms with van der Waals surface area (Å²) in [5.41, 5.74) is 1.37. The fourth-order valence-electron chi connectivity index (χ4n) is 3.17. The van der Waals surface area contributed by atoms with E-state index < -0.39 is 0 Å². The van der Waals surface area contributed by atoms with Crippen LogP contribution >= 0.6 is 39.1 Å². The summed E-state index contributed by atoms with van der Waals surface area (Å²) in [6.07, 6.45) is 0. The molecule has 9 heteroatoms. The van der Waals surface area contributed by atoms with Gasteiger partial charge in [0.2, 0.25) is 11.7 Å². The second-order valence-corrected chi connectivity index (χ2v) is 8.47. The van der Waals surface area contributed by atoms with Crippen LogP contribution in [0.15, 0.2) is 51.5 Å². The molecular weight excluding hydrogens is 479 g/mol. The average molecular weight is 496 g/mol. The number of halogens is 3. The summed E-state index contributed by atoms with van der Waals surface area (Å²) in [7, 11) is 0. The minimum atomic E-state index is -0.0567. The van der Waals surface area contributed by atoms with Crippen LogP contribution in [-0.2, 0) is 6.54 Å². The van der Waals surface area contributed by atoms with Crippen LogP contribution in [-0.4, -0.2) is 52.0 Å². The molecule has 0 N–H and O–H groups in total. The lowest BCUT2D eigenvalue weighted by atomic mass is 10.2. The molecule has 0 atom stereocenters. The summed E-state index contributed by atoms with van der Waals surface area (Å²) in [6, 6.07) is 12.6. The summed E-state index contributed by atoms with van der Waals surface area (Å²) in [5.74, 6) is 1.03. The number of nitrogens with zero attached hydrogens (tertiary/aromatic N) is 4. The zero-order valence-corrected chi connectivity index (χ0v) is 18.4. The predicted molar refractivity (Wildman–Crippen MR) is 115 cm³/mol. The Morgan fingerprint density at radius 1 is 1.07 bits per heavy atom. The van der Waals surface area contributed by atoms with Gasteiger partial charge in [0.1, 0.15) is 0 Å². The van der Waals surface area contributed by atoms with Crippen molar-refractivity contribution in [2.45, 2.75) is 6.54 Å². The van der Waals surface area contributed by atoms with E-state index in [0.29, 0.717) is 47.0 Å². The molecule has 150 valence electrons.